The summed E-state index contributed by atoms with van der Waals surface area (Å²) >= 11 is 0. The summed E-state index contributed by atoms with van der Waals surface area (Å²) in [4.78, 5) is 0.0784. The van der Waals surface area contributed by atoms with Crippen molar-refractivity contribution in [3.63, 3.8) is 0 Å². The first-order valence-electron chi connectivity index (χ1n) is 7.45. The third-order valence-electron chi connectivity index (χ3n) is 3.67. The lowest BCUT2D eigenvalue weighted by Gasteiger charge is -2.07. The summed E-state index contributed by atoms with van der Waals surface area (Å²) in [6.07, 6.45) is 0. The fraction of sp³-hybridized carbons (Fsp3) is 0.235. The van der Waals surface area contributed by atoms with Gasteiger partial charge in [0, 0.05) is 12.1 Å². The summed E-state index contributed by atoms with van der Waals surface area (Å²) in [6.45, 7) is 2.62. The maximum atomic E-state index is 12.3. The second-order valence-electron chi connectivity index (χ2n) is 5.51. The normalized spacial score (nSPS) is 17.4. The molecule has 1 aliphatic heterocycles. The molecule has 3 rings (SSSR count). The molecule has 1 N–H and O–H groups in total. The first-order valence-corrected chi connectivity index (χ1v) is 8.86. The van der Waals surface area contributed by atoms with Crippen LogP contribution >= 0.6 is 0 Å². The van der Waals surface area contributed by atoms with Crippen LogP contribution in [0.25, 0.3) is 0 Å². The van der Waals surface area contributed by atoms with Crippen LogP contribution in [-0.2, 0) is 14.4 Å². The molecule has 0 spiro atoms. The number of aryl methyl sites for hydroxylation is 1. The highest BCUT2D eigenvalue weighted by atomic mass is 32.2. The van der Waals surface area contributed by atoms with Crippen LogP contribution < -0.4 is 10.1 Å². The molecular formula is C17H18N2O4S. The highest BCUT2D eigenvalue weighted by Gasteiger charge is 2.29. The van der Waals surface area contributed by atoms with Gasteiger partial charge in [0.25, 0.3) is 0 Å². The molecule has 1 saturated heterocycles. The van der Waals surface area contributed by atoms with E-state index in [1.807, 2.05) is 19.1 Å². The summed E-state index contributed by atoms with van der Waals surface area (Å²) in [5, 5.41) is 7.02. The zero-order valence-corrected chi connectivity index (χ0v) is 14.2. The minimum absolute atomic E-state index is 0.00777. The minimum atomic E-state index is -3.94. The molecule has 0 radical (unpaired) electrons. The number of nitrogens with one attached hydrogen (secondary N) is 1. The average molecular weight is 346 g/mol. The summed E-state index contributed by atoms with van der Waals surface area (Å²) in [5.74, 6) is 0.718. The molecule has 126 valence electrons. The van der Waals surface area contributed by atoms with Crippen molar-refractivity contribution >= 4 is 15.8 Å². The molecule has 0 saturated carbocycles. The molecule has 1 aliphatic rings. The van der Waals surface area contributed by atoms with Crippen LogP contribution in [0, 0.1) is 6.92 Å². The van der Waals surface area contributed by atoms with Gasteiger partial charge in [0.1, 0.15) is 16.4 Å². The smallest absolute Gasteiger partial charge is 0.358 e. The summed E-state index contributed by atoms with van der Waals surface area (Å²) in [7, 11) is -2.35. The predicted octanol–water partition coefficient (Wildman–Crippen LogP) is 2.09. The van der Waals surface area contributed by atoms with Gasteiger partial charge in [-0.15, -0.1) is 0 Å². The monoisotopic (exact) mass is 346 g/mol. The van der Waals surface area contributed by atoms with E-state index in [0.29, 0.717) is 5.71 Å². The Hall–Kier alpha value is -2.38. The van der Waals surface area contributed by atoms with Crippen molar-refractivity contribution in [1.29, 1.82) is 0 Å². The Labute approximate surface area is 141 Å². The third kappa shape index (κ3) is 3.74. The first kappa shape index (κ1) is 16.5. The Morgan fingerprint density at radius 3 is 2.29 bits per heavy atom. The zero-order chi connectivity index (χ0) is 17.2. The number of ether oxygens (including phenoxy) is 1. The van der Waals surface area contributed by atoms with Gasteiger partial charge in [-0.25, -0.2) is 0 Å². The fourth-order valence-corrected chi connectivity index (χ4v) is 2.90. The van der Waals surface area contributed by atoms with Crippen LogP contribution in [0.5, 0.6) is 5.75 Å². The maximum absolute atomic E-state index is 12.3. The maximum Gasteiger partial charge on any atom is 0.358 e. The number of hydrogen-bond donors (Lipinski definition) is 1. The topological polar surface area (TPSA) is 86.9 Å². The van der Waals surface area contributed by atoms with E-state index < -0.39 is 10.1 Å². The van der Waals surface area contributed by atoms with Crippen LogP contribution in [0.15, 0.2) is 58.6 Å². The van der Waals surface area contributed by atoms with E-state index in [1.165, 1.54) is 12.1 Å². The van der Waals surface area contributed by atoms with Gasteiger partial charge >= 0.3 is 10.1 Å². The molecule has 7 heteroatoms. The van der Waals surface area contributed by atoms with Crippen molar-refractivity contribution in [2.45, 2.75) is 17.9 Å². The van der Waals surface area contributed by atoms with E-state index in [4.69, 9.17) is 9.02 Å². The van der Waals surface area contributed by atoms with Crippen molar-refractivity contribution in [2.75, 3.05) is 13.7 Å². The van der Waals surface area contributed by atoms with Gasteiger partial charge in [0.2, 0.25) is 0 Å². The van der Waals surface area contributed by atoms with E-state index in [2.05, 4.69) is 10.5 Å². The molecule has 6 nitrogen and oxygen atoms in total. The molecule has 0 aliphatic carbocycles. The first-order chi connectivity index (χ1) is 11.5. The van der Waals surface area contributed by atoms with E-state index >= 15 is 0 Å². The minimum Gasteiger partial charge on any atom is -0.497 e. The average Bonchev–Trinajstić information content (AvgIpc) is 3.41. The number of rotatable bonds is 6. The Kier molecular flexibility index (Phi) is 4.55. The van der Waals surface area contributed by atoms with E-state index in [-0.39, 0.29) is 10.9 Å². The fourth-order valence-electron chi connectivity index (χ4n) is 2.17. The van der Waals surface area contributed by atoms with Crippen LogP contribution in [0.2, 0.25) is 0 Å². The van der Waals surface area contributed by atoms with E-state index in [9.17, 15) is 8.42 Å². The lowest BCUT2D eigenvalue weighted by Crippen LogP contribution is -2.14. The van der Waals surface area contributed by atoms with Crippen molar-refractivity contribution in [1.82, 2.24) is 5.32 Å². The van der Waals surface area contributed by atoms with Crippen LogP contribution in [-0.4, -0.2) is 33.8 Å². The lowest BCUT2D eigenvalue weighted by atomic mass is 10.1. The Morgan fingerprint density at radius 1 is 1.12 bits per heavy atom. The molecule has 2 aromatic carbocycles. The van der Waals surface area contributed by atoms with Gasteiger partial charge in [0.05, 0.1) is 13.2 Å². The molecule has 1 atom stereocenters. The lowest BCUT2D eigenvalue weighted by molar-refractivity contribution is 0.338. The van der Waals surface area contributed by atoms with E-state index in [0.717, 1.165) is 23.4 Å². The van der Waals surface area contributed by atoms with E-state index in [1.54, 1.807) is 31.4 Å². The van der Waals surface area contributed by atoms with Crippen LogP contribution in [0.4, 0.5) is 0 Å². The van der Waals surface area contributed by atoms with Gasteiger partial charge in [-0.1, -0.05) is 22.9 Å². The standard InChI is InChI=1S/C17H18N2O4S/c1-12-3-9-15(10-4-12)24(20,21)23-19-17(16-11-18-16)13-5-7-14(22-2)8-6-13/h3-10,16,18H,11H2,1-2H3/b19-17-. The van der Waals surface area contributed by atoms with Crippen molar-refractivity contribution < 1.29 is 17.4 Å². The quantitative estimate of drug-likeness (QED) is 0.492. The molecule has 1 fully saturated rings. The molecule has 0 bridgehead atoms. The molecule has 24 heavy (non-hydrogen) atoms. The predicted molar refractivity (Wildman–Crippen MR) is 90.8 cm³/mol. The van der Waals surface area contributed by atoms with Gasteiger partial charge in [-0.05, 0) is 43.3 Å². The summed E-state index contributed by atoms with van der Waals surface area (Å²) in [6, 6.07) is 13.7. The highest BCUT2D eigenvalue weighted by molar-refractivity contribution is 7.86. The van der Waals surface area contributed by atoms with Crippen molar-refractivity contribution in [3.05, 3.63) is 59.7 Å². The number of hydrogen-bond acceptors (Lipinski definition) is 6. The number of methoxy groups -OCH3 is 1. The summed E-state index contributed by atoms with van der Waals surface area (Å²) < 4.78 is 34.5. The largest absolute Gasteiger partial charge is 0.497 e. The molecule has 2 aromatic rings. The molecule has 0 aromatic heterocycles. The SMILES string of the molecule is COc1ccc(/C(=N/OS(=O)(=O)c2ccc(C)cc2)C2CN2)cc1. The van der Waals surface area contributed by atoms with Crippen LogP contribution in [0.3, 0.4) is 0 Å². The van der Waals surface area contributed by atoms with Crippen molar-refractivity contribution in [2.24, 2.45) is 5.16 Å². The Bertz CT molecular complexity index is 839. The highest BCUT2D eigenvalue weighted by Crippen LogP contribution is 2.18. The van der Waals surface area contributed by atoms with Gasteiger partial charge < -0.3 is 10.1 Å². The molecule has 1 heterocycles. The van der Waals surface area contributed by atoms with Gasteiger partial charge in [0.15, 0.2) is 0 Å². The molecule has 0 amide bonds. The summed E-state index contributed by atoms with van der Waals surface area (Å²) in [5.41, 5.74) is 2.30. The molecular weight excluding hydrogens is 328 g/mol. The third-order valence-corrected chi connectivity index (χ3v) is 4.79. The number of oxime groups is 1. The Morgan fingerprint density at radius 2 is 1.75 bits per heavy atom. The zero-order valence-electron chi connectivity index (χ0n) is 13.4. The Balaban J connectivity index is 1.84. The molecule has 1 unspecified atom stereocenters. The van der Waals surface area contributed by atoms with Crippen LogP contribution in [0.1, 0.15) is 11.1 Å². The number of nitrogens with zero attached hydrogens (tertiary/aromatic N) is 1. The number of benzene rings is 2. The van der Waals surface area contributed by atoms with Gasteiger partial charge in [-0.2, -0.15) is 8.42 Å². The second-order valence-corrected chi connectivity index (χ2v) is 7.04. The second kappa shape index (κ2) is 6.62. The van der Waals surface area contributed by atoms with Gasteiger partial charge in [-0.3, -0.25) is 4.28 Å². The van der Waals surface area contributed by atoms with Crippen molar-refractivity contribution in [3.8, 4) is 5.75 Å².